The van der Waals surface area contributed by atoms with E-state index >= 15 is 0 Å². The van der Waals surface area contributed by atoms with Crippen molar-refractivity contribution in [2.45, 2.75) is 13.2 Å². The maximum atomic E-state index is 11.7. The third-order valence-electron chi connectivity index (χ3n) is 2.74. The van der Waals surface area contributed by atoms with E-state index in [0.29, 0.717) is 10.6 Å². The first kappa shape index (κ1) is 16.0. The summed E-state index contributed by atoms with van der Waals surface area (Å²) in [6.07, 6.45) is -0.633. The Hall–Kier alpha value is -2.38. The number of methoxy groups -OCH3 is 1. The second-order valence-corrected chi connectivity index (χ2v) is 5.44. The summed E-state index contributed by atoms with van der Waals surface area (Å²) in [5.41, 5.74) is 1.38. The van der Waals surface area contributed by atoms with Crippen molar-refractivity contribution in [2.24, 2.45) is 0 Å². The molecule has 1 amide bonds. The molecule has 0 spiro atoms. The molecule has 0 fully saturated rings. The highest BCUT2D eigenvalue weighted by atomic mass is 32.1. The molecule has 0 saturated heterocycles. The molecule has 0 aliphatic heterocycles. The van der Waals surface area contributed by atoms with Crippen molar-refractivity contribution in [1.82, 2.24) is 0 Å². The van der Waals surface area contributed by atoms with E-state index in [4.69, 9.17) is 14.6 Å². The number of aromatic carboxylic acids is 1. The van der Waals surface area contributed by atoms with Gasteiger partial charge in [-0.2, -0.15) is 0 Å². The molecular weight excluding hydrogens is 306 g/mol. The fraction of sp³-hybridized carbons (Fsp3) is 0.200. The van der Waals surface area contributed by atoms with Crippen LogP contribution in [0, 0.1) is 0 Å². The topological polar surface area (TPSA) is 84.9 Å². The molecule has 1 aromatic heterocycles. The molecule has 7 heteroatoms. The van der Waals surface area contributed by atoms with Crippen molar-refractivity contribution < 1.29 is 24.2 Å². The number of carbonyl (C=O) groups is 2. The van der Waals surface area contributed by atoms with E-state index < -0.39 is 12.1 Å². The molecule has 1 aromatic carbocycles. The average molecular weight is 321 g/mol. The summed E-state index contributed by atoms with van der Waals surface area (Å²) in [4.78, 5) is 23.0. The largest absolute Gasteiger partial charge is 0.477 e. The Morgan fingerprint density at radius 1 is 1.23 bits per heavy atom. The van der Waals surface area contributed by atoms with Gasteiger partial charge in [-0.05, 0) is 11.6 Å². The number of hydrogen-bond acceptors (Lipinski definition) is 5. The fourth-order valence-electron chi connectivity index (χ4n) is 1.79. The third kappa shape index (κ3) is 4.31. The van der Waals surface area contributed by atoms with Crippen LogP contribution >= 0.6 is 11.3 Å². The first-order valence-corrected chi connectivity index (χ1v) is 7.24. The standard InChI is InChI=1S/C15H15NO5S/c1-20-9-11-7-12(22-13(11)14(17)18)16-15(19)21-8-10-5-3-2-4-6-10/h2-7H,8-9H2,1H3,(H,16,19)(H,17,18). The van der Waals surface area contributed by atoms with E-state index in [9.17, 15) is 9.59 Å². The smallest absolute Gasteiger partial charge is 0.412 e. The highest BCUT2D eigenvalue weighted by Crippen LogP contribution is 2.28. The summed E-state index contributed by atoms with van der Waals surface area (Å²) >= 11 is 0.966. The first-order valence-electron chi connectivity index (χ1n) is 6.42. The Balaban J connectivity index is 1.96. The minimum Gasteiger partial charge on any atom is -0.477 e. The number of thiophene rings is 1. The zero-order valence-corrected chi connectivity index (χ0v) is 12.7. The number of nitrogens with one attached hydrogen (secondary N) is 1. The van der Waals surface area contributed by atoms with Crippen LogP contribution in [0.5, 0.6) is 0 Å². The number of benzene rings is 1. The number of rotatable bonds is 6. The maximum Gasteiger partial charge on any atom is 0.412 e. The lowest BCUT2D eigenvalue weighted by Gasteiger charge is -2.05. The summed E-state index contributed by atoms with van der Waals surface area (Å²) in [5.74, 6) is -1.05. The Kier molecular flexibility index (Phi) is 5.51. The zero-order chi connectivity index (χ0) is 15.9. The van der Waals surface area contributed by atoms with Crippen LogP contribution in [0.3, 0.4) is 0 Å². The molecule has 0 saturated carbocycles. The molecule has 6 nitrogen and oxygen atoms in total. The van der Waals surface area contributed by atoms with Crippen LogP contribution in [-0.2, 0) is 22.7 Å². The molecule has 0 aliphatic carbocycles. The van der Waals surface area contributed by atoms with E-state index in [-0.39, 0.29) is 18.1 Å². The minimum absolute atomic E-state index is 0.139. The van der Waals surface area contributed by atoms with E-state index in [0.717, 1.165) is 16.9 Å². The molecule has 2 N–H and O–H groups in total. The summed E-state index contributed by atoms with van der Waals surface area (Å²) in [7, 11) is 1.48. The van der Waals surface area contributed by atoms with Crippen LogP contribution in [0.4, 0.5) is 9.80 Å². The first-order chi connectivity index (χ1) is 10.6. The summed E-state index contributed by atoms with van der Waals surface area (Å²) in [6, 6.07) is 10.8. The Labute approximate surface area is 131 Å². The second-order valence-electron chi connectivity index (χ2n) is 4.39. The van der Waals surface area contributed by atoms with Gasteiger partial charge >= 0.3 is 12.1 Å². The number of hydrogen-bond donors (Lipinski definition) is 2. The molecule has 2 aromatic rings. The van der Waals surface area contributed by atoms with Crippen molar-refractivity contribution in [3.63, 3.8) is 0 Å². The van der Waals surface area contributed by atoms with Crippen molar-refractivity contribution >= 4 is 28.4 Å². The lowest BCUT2D eigenvalue weighted by molar-refractivity contribution is 0.0697. The van der Waals surface area contributed by atoms with Gasteiger partial charge in [0.2, 0.25) is 0 Å². The van der Waals surface area contributed by atoms with Gasteiger partial charge in [-0.3, -0.25) is 5.32 Å². The SMILES string of the molecule is COCc1cc(NC(=O)OCc2ccccc2)sc1C(=O)O. The Bertz CT molecular complexity index is 653. The second kappa shape index (κ2) is 7.58. The van der Waals surface area contributed by atoms with Crippen molar-refractivity contribution in [1.29, 1.82) is 0 Å². The molecule has 0 radical (unpaired) electrons. The van der Waals surface area contributed by atoms with Crippen molar-refractivity contribution in [3.05, 3.63) is 52.4 Å². The van der Waals surface area contributed by atoms with E-state index in [1.165, 1.54) is 7.11 Å². The number of carboxylic acid groups (broad SMARTS) is 1. The molecule has 0 bridgehead atoms. The zero-order valence-electron chi connectivity index (χ0n) is 11.9. The summed E-state index contributed by atoms with van der Waals surface area (Å²) in [5, 5.41) is 12.0. The van der Waals surface area contributed by atoms with Gasteiger partial charge < -0.3 is 14.6 Å². The van der Waals surface area contributed by atoms with Gasteiger partial charge in [0.1, 0.15) is 11.5 Å². The normalized spacial score (nSPS) is 10.2. The Morgan fingerprint density at radius 3 is 2.59 bits per heavy atom. The fourth-order valence-corrected chi connectivity index (χ4v) is 2.69. The number of anilines is 1. The van der Waals surface area contributed by atoms with Crippen LogP contribution in [0.1, 0.15) is 20.8 Å². The lowest BCUT2D eigenvalue weighted by Crippen LogP contribution is -2.12. The van der Waals surface area contributed by atoms with E-state index in [2.05, 4.69) is 5.32 Å². The predicted molar refractivity (Wildman–Crippen MR) is 82.2 cm³/mol. The quantitative estimate of drug-likeness (QED) is 0.852. The molecule has 0 atom stereocenters. The summed E-state index contributed by atoms with van der Waals surface area (Å²) in [6.45, 7) is 0.313. The maximum absolute atomic E-state index is 11.7. The molecular formula is C15H15NO5S. The molecule has 116 valence electrons. The van der Waals surface area contributed by atoms with Crippen LogP contribution < -0.4 is 5.32 Å². The van der Waals surface area contributed by atoms with Crippen LogP contribution in [0.25, 0.3) is 0 Å². The minimum atomic E-state index is -1.05. The van der Waals surface area contributed by atoms with Crippen LogP contribution in [0.2, 0.25) is 0 Å². The molecule has 0 unspecified atom stereocenters. The van der Waals surface area contributed by atoms with Gasteiger partial charge in [-0.25, -0.2) is 9.59 Å². The van der Waals surface area contributed by atoms with Crippen LogP contribution in [-0.4, -0.2) is 24.3 Å². The Morgan fingerprint density at radius 2 is 1.95 bits per heavy atom. The van der Waals surface area contributed by atoms with Crippen LogP contribution in [0.15, 0.2) is 36.4 Å². The van der Waals surface area contributed by atoms with Gasteiger partial charge in [0, 0.05) is 12.7 Å². The van der Waals surface area contributed by atoms with Crippen molar-refractivity contribution in [2.75, 3.05) is 12.4 Å². The molecule has 1 heterocycles. The third-order valence-corrected chi connectivity index (χ3v) is 3.82. The van der Waals surface area contributed by atoms with Crippen molar-refractivity contribution in [3.8, 4) is 0 Å². The van der Waals surface area contributed by atoms with Gasteiger partial charge in [-0.1, -0.05) is 30.3 Å². The summed E-state index contributed by atoms with van der Waals surface area (Å²) < 4.78 is 10.0. The molecule has 2 rings (SSSR count). The number of carbonyl (C=O) groups excluding carboxylic acids is 1. The number of ether oxygens (including phenoxy) is 2. The van der Waals surface area contributed by atoms with Gasteiger partial charge in [0.25, 0.3) is 0 Å². The average Bonchev–Trinajstić information content (AvgIpc) is 2.89. The van der Waals surface area contributed by atoms with E-state index in [1.807, 2.05) is 30.3 Å². The monoisotopic (exact) mass is 321 g/mol. The number of amides is 1. The highest BCUT2D eigenvalue weighted by Gasteiger charge is 2.16. The number of carboxylic acids is 1. The van der Waals surface area contributed by atoms with Gasteiger partial charge in [0.15, 0.2) is 0 Å². The van der Waals surface area contributed by atoms with Gasteiger partial charge in [0.05, 0.1) is 11.6 Å². The lowest BCUT2D eigenvalue weighted by atomic mass is 10.2. The molecule has 0 aliphatic rings. The van der Waals surface area contributed by atoms with Gasteiger partial charge in [-0.15, -0.1) is 11.3 Å². The molecule has 22 heavy (non-hydrogen) atoms. The van der Waals surface area contributed by atoms with E-state index in [1.54, 1.807) is 6.07 Å². The predicted octanol–water partition coefficient (Wildman–Crippen LogP) is 3.34. The highest BCUT2D eigenvalue weighted by molar-refractivity contribution is 7.18.